The van der Waals surface area contributed by atoms with Gasteiger partial charge in [0.15, 0.2) is 9.84 Å². The first-order valence-corrected chi connectivity index (χ1v) is 13.1. The van der Waals surface area contributed by atoms with E-state index >= 15 is 0 Å². The van der Waals surface area contributed by atoms with E-state index in [1.165, 1.54) is 36.0 Å². The normalized spacial score (nSPS) is 22.8. The van der Waals surface area contributed by atoms with Gasteiger partial charge in [0.25, 0.3) is 0 Å². The Kier molecular flexibility index (Phi) is 7.12. The Morgan fingerprint density at radius 3 is 1.83 bits per heavy atom. The van der Waals surface area contributed by atoms with Crippen molar-refractivity contribution in [2.45, 2.75) is 83.1 Å². The number of rotatable bonds is 6. The Morgan fingerprint density at radius 2 is 1.30 bits per heavy atom. The van der Waals surface area contributed by atoms with Gasteiger partial charge in [0, 0.05) is 0 Å². The second-order valence-electron chi connectivity index (χ2n) is 10.3. The average Bonchev–Trinajstić information content (AvgIpc) is 2.69. The van der Waals surface area contributed by atoms with Gasteiger partial charge in [0.05, 0.1) is 10.5 Å². The highest BCUT2D eigenvalue weighted by molar-refractivity contribution is 7.91. The molecule has 0 saturated heterocycles. The summed E-state index contributed by atoms with van der Waals surface area (Å²) in [5.41, 5.74) is 5.00. The lowest BCUT2D eigenvalue weighted by Gasteiger charge is -2.34. The van der Waals surface area contributed by atoms with Crippen LogP contribution >= 0.6 is 0 Å². The standard InChI is InChI=1S/C27H38O2S/c1-20-7-6-8-26(21(20)2)25-17-15-23(16-18-25)10-9-22-11-13-24(14-12-22)19-30(28,29)27(3,4)5/h11-18,20-21,26H,6-10,19H2,1-5H3. The third kappa shape index (κ3) is 5.55. The van der Waals surface area contributed by atoms with Crippen molar-refractivity contribution < 1.29 is 8.42 Å². The maximum atomic E-state index is 12.4. The zero-order chi connectivity index (χ0) is 21.9. The first-order chi connectivity index (χ1) is 14.1. The second kappa shape index (κ2) is 9.26. The van der Waals surface area contributed by atoms with E-state index in [-0.39, 0.29) is 5.75 Å². The van der Waals surface area contributed by atoms with Crippen LogP contribution in [-0.4, -0.2) is 13.2 Å². The molecule has 2 nitrogen and oxygen atoms in total. The Balaban J connectivity index is 1.57. The lowest BCUT2D eigenvalue weighted by molar-refractivity contribution is 0.238. The van der Waals surface area contributed by atoms with E-state index in [9.17, 15) is 8.42 Å². The smallest absolute Gasteiger partial charge is 0.159 e. The Labute approximate surface area is 184 Å². The van der Waals surface area contributed by atoms with E-state index in [1.807, 2.05) is 12.1 Å². The SMILES string of the molecule is CC1CCCC(c2ccc(CCc3ccc(CS(=O)(=O)C(C)(C)C)cc3)cc2)C1C. The molecule has 30 heavy (non-hydrogen) atoms. The van der Waals surface area contributed by atoms with Crippen LogP contribution in [0.5, 0.6) is 0 Å². The third-order valence-electron chi connectivity index (χ3n) is 7.13. The molecular weight excluding hydrogens is 388 g/mol. The van der Waals surface area contributed by atoms with Crippen LogP contribution < -0.4 is 0 Å². The monoisotopic (exact) mass is 426 g/mol. The van der Waals surface area contributed by atoms with Crippen LogP contribution in [-0.2, 0) is 28.4 Å². The molecule has 1 aliphatic rings. The van der Waals surface area contributed by atoms with E-state index in [1.54, 1.807) is 20.8 Å². The summed E-state index contributed by atoms with van der Waals surface area (Å²) in [6, 6.07) is 17.4. The van der Waals surface area contributed by atoms with Gasteiger partial charge < -0.3 is 0 Å². The maximum absolute atomic E-state index is 12.4. The molecule has 0 aliphatic heterocycles. The summed E-state index contributed by atoms with van der Waals surface area (Å²) < 4.78 is 24.1. The molecule has 0 N–H and O–H groups in total. The van der Waals surface area contributed by atoms with Crippen molar-refractivity contribution >= 4 is 9.84 Å². The van der Waals surface area contributed by atoms with Crippen LogP contribution in [0.1, 0.15) is 82.1 Å². The number of hydrogen-bond acceptors (Lipinski definition) is 2. The van der Waals surface area contributed by atoms with Crippen LogP contribution in [0.25, 0.3) is 0 Å². The van der Waals surface area contributed by atoms with Crippen LogP contribution in [0.3, 0.4) is 0 Å². The number of aryl methyl sites for hydroxylation is 2. The van der Waals surface area contributed by atoms with Crippen molar-refractivity contribution in [1.82, 2.24) is 0 Å². The molecule has 3 rings (SSSR count). The molecular formula is C27H38O2S. The zero-order valence-corrected chi connectivity index (χ0v) is 20.1. The fourth-order valence-electron chi connectivity index (χ4n) is 4.51. The van der Waals surface area contributed by atoms with E-state index in [0.717, 1.165) is 30.2 Å². The molecule has 1 saturated carbocycles. The molecule has 1 fully saturated rings. The topological polar surface area (TPSA) is 34.1 Å². The van der Waals surface area contributed by atoms with Gasteiger partial charge in [-0.2, -0.15) is 0 Å². The fourth-order valence-corrected chi connectivity index (χ4v) is 5.57. The second-order valence-corrected chi connectivity index (χ2v) is 13.0. The number of sulfone groups is 1. The van der Waals surface area contributed by atoms with Crippen LogP contribution in [0.15, 0.2) is 48.5 Å². The van der Waals surface area contributed by atoms with Crippen molar-refractivity contribution in [1.29, 1.82) is 0 Å². The quantitative estimate of drug-likeness (QED) is 0.513. The lowest BCUT2D eigenvalue weighted by atomic mass is 9.71. The van der Waals surface area contributed by atoms with Crippen molar-refractivity contribution in [3.05, 3.63) is 70.8 Å². The highest BCUT2D eigenvalue weighted by atomic mass is 32.2. The molecule has 164 valence electrons. The zero-order valence-electron chi connectivity index (χ0n) is 19.3. The Morgan fingerprint density at radius 1 is 0.800 bits per heavy atom. The summed E-state index contributed by atoms with van der Waals surface area (Å²) in [5.74, 6) is 2.41. The maximum Gasteiger partial charge on any atom is 0.159 e. The molecule has 0 heterocycles. The predicted octanol–water partition coefficient (Wildman–Crippen LogP) is 6.72. The first kappa shape index (κ1) is 23.1. The highest BCUT2D eigenvalue weighted by Crippen LogP contribution is 2.40. The fraction of sp³-hybridized carbons (Fsp3) is 0.556. The van der Waals surface area contributed by atoms with Gasteiger partial charge in [-0.3, -0.25) is 0 Å². The molecule has 0 amide bonds. The summed E-state index contributed by atoms with van der Waals surface area (Å²) in [6.07, 6.45) is 6.03. The van der Waals surface area contributed by atoms with E-state index in [4.69, 9.17) is 0 Å². The molecule has 3 heteroatoms. The predicted molar refractivity (Wildman–Crippen MR) is 128 cm³/mol. The van der Waals surface area contributed by atoms with Gasteiger partial charge in [-0.25, -0.2) is 8.42 Å². The molecule has 0 bridgehead atoms. The molecule has 0 aromatic heterocycles. The molecule has 0 spiro atoms. The van der Waals surface area contributed by atoms with Crippen LogP contribution in [0, 0.1) is 11.8 Å². The number of hydrogen-bond donors (Lipinski definition) is 0. The first-order valence-electron chi connectivity index (χ1n) is 11.5. The van der Waals surface area contributed by atoms with Crippen LogP contribution in [0.4, 0.5) is 0 Å². The minimum absolute atomic E-state index is 0.108. The average molecular weight is 427 g/mol. The van der Waals surface area contributed by atoms with E-state index in [0.29, 0.717) is 5.92 Å². The Hall–Kier alpha value is -1.61. The molecule has 3 atom stereocenters. The van der Waals surface area contributed by atoms with Crippen LogP contribution in [0.2, 0.25) is 0 Å². The van der Waals surface area contributed by atoms with Gasteiger partial charge in [-0.15, -0.1) is 0 Å². The molecule has 2 aromatic carbocycles. The largest absolute Gasteiger partial charge is 0.228 e. The summed E-state index contributed by atoms with van der Waals surface area (Å²) in [6.45, 7) is 10.1. The lowest BCUT2D eigenvalue weighted by Crippen LogP contribution is -2.29. The van der Waals surface area contributed by atoms with Crippen molar-refractivity contribution in [2.24, 2.45) is 11.8 Å². The third-order valence-corrected chi connectivity index (χ3v) is 9.71. The minimum Gasteiger partial charge on any atom is -0.228 e. The van der Waals surface area contributed by atoms with Gasteiger partial charge in [-0.1, -0.05) is 75.2 Å². The summed E-state index contributed by atoms with van der Waals surface area (Å²) in [7, 11) is -3.14. The molecule has 1 aliphatic carbocycles. The van der Waals surface area contributed by atoms with Crippen molar-refractivity contribution in [3.8, 4) is 0 Å². The summed E-state index contributed by atoms with van der Waals surface area (Å²) in [4.78, 5) is 0. The van der Waals surface area contributed by atoms with Crippen molar-refractivity contribution in [2.75, 3.05) is 0 Å². The minimum atomic E-state index is -3.14. The van der Waals surface area contributed by atoms with E-state index in [2.05, 4.69) is 50.2 Å². The van der Waals surface area contributed by atoms with Gasteiger partial charge in [0.2, 0.25) is 0 Å². The van der Waals surface area contributed by atoms with Gasteiger partial charge >= 0.3 is 0 Å². The van der Waals surface area contributed by atoms with Gasteiger partial charge in [0.1, 0.15) is 0 Å². The molecule has 2 aromatic rings. The Bertz CT molecular complexity index is 918. The summed E-state index contributed by atoms with van der Waals surface area (Å²) >= 11 is 0. The van der Waals surface area contributed by atoms with Crippen molar-refractivity contribution in [3.63, 3.8) is 0 Å². The molecule has 0 radical (unpaired) electrons. The number of benzene rings is 2. The van der Waals surface area contributed by atoms with E-state index < -0.39 is 14.6 Å². The van der Waals surface area contributed by atoms with Gasteiger partial charge in [-0.05, 0) is 80.0 Å². The highest BCUT2D eigenvalue weighted by Gasteiger charge is 2.29. The summed E-state index contributed by atoms with van der Waals surface area (Å²) in [5, 5.41) is 0. The molecule has 3 unspecified atom stereocenters.